The van der Waals surface area contributed by atoms with Crippen molar-refractivity contribution in [3.63, 3.8) is 0 Å². The van der Waals surface area contributed by atoms with E-state index in [1.807, 2.05) is 6.92 Å². The molecule has 1 aromatic rings. The van der Waals surface area contributed by atoms with E-state index in [4.69, 9.17) is 5.73 Å². The zero-order valence-electron chi connectivity index (χ0n) is 9.84. The number of nitrogens with zero attached hydrogens (tertiary/aromatic N) is 2. The van der Waals surface area contributed by atoms with E-state index in [1.54, 1.807) is 11.0 Å². The minimum Gasteiger partial charge on any atom is -0.505 e. The molecule has 17 heavy (non-hydrogen) atoms. The van der Waals surface area contributed by atoms with E-state index in [-0.39, 0.29) is 29.4 Å². The van der Waals surface area contributed by atoms with Crippen LogP contribution >= 0.6 is 0 Å². The molecule has 2 heterocycles. The monoisotopic (exact) mass is 235 g/mol. The molecule has 3 N–H and O–H groups in total. The van der Waals surface area contributed by atoms with E-state index < -0.39 is 0 Å². The van der Waals surface area contributed by atoms with Crippen molar-refractivity contribution in [3.05, 3.63) is 24.0 Å². The van der Waals surface area contributed by atoms with E-state index in [9.17, 15) is 9.90 Å². The Morgan fingerprint density at radius 1 is 1.65 bits per heavy atom. The van der Waals surface area contributed by atoms with Crippen LogP contribution in [0.2, 0.25) is 0 Å². The summed E-state index contributed by atoms with van der Waals surface area (Å²) in [6.45, 7) is 2.59. The molecule has 92 valence electrons. The first-order valence-electron chi connectivity index (χ1n) is 5.80. The Hall–Kier alpha value is -1.62. The van der Waals surface area contributed by atoms with E-state index in [2.05, 4.69) is 4.98 Å². The summed E-state index contributed by atoms with van der Waals surface area (Å²) in [6.07, 6.45) is 3.09. The van der Waals surface area contributed by atoms with Crippen LogP contribution in [0.1, 0.15) is 30.3 Å². The highest BCUT2D eigenvalue weighted by molar-refractivity contribution is 5.95. The van der Waals surface area contributed by atoms with E-state index in [1.165, 1.54) is 12.3 Å². The van der Waals surface area contributed by atoms with Crippen LogP contribution in [-0.2, 0) is 0 Å². The maximum absolute atomic E-state index is 12.2. The van der Waals surface area contributed by atoms with Gasteiger partial charge in [0, 0.05) is 24.8 Å². The number of hydrogen-bond donors (Lipinski definition) is 2. The molecule has 0 spiro atoms. The molecule has 1 saturated heterocycles. The summed E-state index contributed by atoms with van der Waals surface area (Å²) >= 11 is 0. The highest BCUT2D eigenvalue weighted by Crippen LogP contribution is 2.21. The lowest BCUT2D eigenvalue weighted by Crippen LogP contribution is -2.48. The van der Waals surface area contributed by atoms with Gasteiger partial charge in [-0.3, -0.25) is 4.79 Å². The van der Waals surface area contributed by atoms with Gasteiger partial charge in [-0.15, -0.1) is 0 Å². The topological polar surface area (TPSA) is 79.5 Å². The third-order valence-electron chi connectivity index (χ3n) is 3.17. The Morgan fingerprint density at radius 3 is 3.06 bits per heavy atom. The van der Waals surface area contributed by atoms with Crippen molar-refractivity contribution < 1.29 is 9.90 Å². The first kappa shape index (κ1) is 11.9. The summed E-state index contributed by atoms with van der Waals surface area (Å²) in [5.41, 5.74) is 5.97. The summed E-state index contributed by atoms with van der Waals surface area (Å²) in [5, 5.41) is 9.62. The van der Waals surface area contributed by atoms with Gasteiger partial charge in [-0.2, -0.15) is 0 Å². The molecule has 2 rings (SSSR count). The van der Waals surface area contributed by atoms with Crippen molar-refractivity contribution in [2.24, 2.45) is 5.73 Å². The predicted molar refractivity (Wildman–Crippen MR) is 63.6 cm³/mol. The number of amides is 1. The molecule has 0 bridgehead atoms. The normalized spacial score (nSPS) is 24.7. The van der Waals surface area contributed by atoms with Crippen molar-refractivity contribution in [2.45, 2.75) is 31.8 Å². The van der Waals surface area contributed by atoms with E-state index in [0.29, 0.717) is 6.54 Å². The van der Waals surface area contributed by atoms with Crippen molar-refractivity contribution >= 4 is 5.91 Å². The second-order valence-electron chi connectivity index (χ2n) is 4.50. The van der Waals surface area contributed by atoms with E-state index in [0.717, 1.165) is 12.8 Å². The quantitative estimate of drug-likeness (QED) is 0.752. The molecule has 0 radical (unpaired) electrons. The number of carbonyl (C=O) groups excluding carboxylic acids is 1. The standard InChI is InChI=1S/C12H17N3O2/c1-8-7-9(13)4-6-15(8)12(17)11-10(16)3-2-5-14-11/h2-3,5,8-9,16H,4,6-7,13H2,1H3. The van der Waals surface area contributed by atoms with Crippen molar-refractivity contribution in [2.75, 3.05) is 6.54 Å². The molecule has 1 aromatic heterocycles. The van der Waals surface area contributed by atoms with Gasteiger partial charge in [-0.1, -0.05) is 0 Å². The van der Waals surface area contributed by atoms with Gasteiger partial charge in [0.1, 0.15) is 5.75 Å². The summed E-state index contributed by atoms with van der Waals surface area (Å²) < 4.78 is 0. The maximum Gasteiger partial charge on any atom is 0.276 e. The first-order chi connectivity index (χ1) is 8.09. The van der Waals surface area contributed by atoms with Gasteiger partial charge in [-0.25, -0.2) is 4.98 Å². The molecule has 0 saturated carbocycles. The number of aromatic nitrogens is 1. The third-order valence-corrected chi connectivity index (χ3v) is 3.17. The molecule has 1 fully saturated rings. The fraction of sp³-hybridized carbons (Fsp3) is 0.500. The zero-order chi connectivity index (χ0) is 12.4. The Kier molecular flexibility index (Phi) is 3.28. The molecule has 1 amide bonds. The fourth-order valence-corrected chi connectivity index (χ4v) is 2.21. The van der Waals surface area contributed by atoms with Gasteiger partial charge >= 0.3 is 0 Å². The Balaban J connectivity index is 2.18. The van der Waals surface area contributed by atoms with Gasteiger partial charge in [0.05, 0.1) is 0 Å². The molecule has 0 aromatic carbocycles. The number of piperidine rings is 1. The van der Waals surface area contributed by atoms with E-state index >= 15 is 0 Å². The summed E-state index contributed by atoms with van der Waals surface area (Å²) in [4.78, 5) is 17.9. The van der Waals surface area contributed by atoms with Gasteiger partial charge in [0.25, 0.3) is 5.91 Å². The van der Waals surface area contributed by atoms with Crippen LogP contribution in [0.15, 0.2) is 18.3 Å². The first-order valence-corrected chi connectivity index (χ1v) is 5.80. The number of nitrogens with two attached hydrogens (primary N) is 1. The lowest BCUT2D eigenvalue weighted by molar-refractivity contribution is 0.0609. The number of aromatic hydroxyl groups is 1. The molecule has 2 unspecified atom stereocenters. The number of likely N-dealkylation sites (tertiary alicyclic amines) is 1. The number of carbonyl (C=O) groups is 1. The summed E-state index contributed by atoms with van der Waals surface area (Å²) in [6, 6.07) is 3.32. The average molecular weight is 235 g/mol. The van der Waals surface area contributed by atoms with Gasteiger partial charge in [-0.05, 0) is 31.9 Å². The van der Waals surface area contributed by atoms with Gasteiger partial charge < -0.3 is 15.7 Å². The number of pyridine rings is 1. The molecular weight excluding hydrogens is 218 g/mol. The second kappa shape index (κ2) is 4.71. The Labute approximate surface area is 100 Å². The highest BCUT2D eigenvalue weighted by Gasteiger charge is 2.29. The molecule has 1 aliphatic rings. The molecule has 1 aliphatic heterocycles. The largest absolute Gasteiger partial charge is 0.505 e. The lowest BCUT2D eigenvalue weighted by Gasteiger charge is -2.36. The van der Waals surface area contributed by atoms with Crippen LogP contribution in [0.4, 0.5) is 0 Å². The van der Waals surface area contributed by atoms with Gasteiger partial charge in [0.2, 0.25) is 0 Å². The van der Waals surface area contributed by atoms with Crippen molar-refractivity contribution in [1.82, 2.24) is 9.88 Å². The second-order valence-corrected chi connectivity index (χ2v) is 4.50. The van der Waals surface area contributed by atoms with Crippen LogP contribution in [0.3, 0.4) is 0 Å². The van der Waals surface area contributed by atoms with Crippen LogP contribution in [0.25, 0.3) is 0 Å². The average Bonchev–Trinajstić information content (AvgIpc) is 2.29. The molecule has 5 nitrogen and oxygen atoms in total. The molecule has 2 atom stereocenters. The molecular formula is C12H17N3O2. The minimum absolute atomic E-state index is 0.0698. The minimum atomic E-state index is -0.220. The number of rotatable bonds is 1. The SMILES string of the molecule is CC1CC(N)CCN1C(=O)c1ncccc1O. The third kappa shape index (κ3) is 2.39. The van der Waals surface area contributed by atoms with Crippen LogP contribution in [0.5, 0.6) is 5.75 Å². The van der Waals surface area contributed by atoms with Crippen molar-refractivity contribution in [3.8, 4) is 5.75 Å². The van der Waals surface area contributed by atoms with Crippen molar-refractivity contribution in [1.29, 1.82) is 0 Å². The van der Waals surface area contributed by atoms with Gasteiger partial charge in [0.15, 0.2) is 5.69 Å². The Bertz CT molecular complexity index is 422. The fourth-order valence-electron chi connectivity index (χ4n) is 2.21. The summed E-state index contributed by atoms with van der Waals surface area (Å²) in [5.74, 6) is -0.290. The predicted octanol–water partition coefficient (Wildman–Crippen LogP) is 0.739. The lowest BCUT2D eigenvalue weighted by atomic mass is 9.98. The molecule has 5 heteroatoms. The van der Waals surface area contributed by atoms with Crippen LogP contribution < -0.4 is 5.73 Å². The maximum atomic E-state index is 12.2. The highest BCUT2D eigenvalue weighted by atomic mass is 16.3. The Morgan fingerprint density at radius 2 is 2.41 bits per heavy atom. The van der Waals surface area contributed by atoms with Crippen LogP contribution in [-0.4, -0.2) is 39.5 Å². The van der Waals surface area contributed by atoms with Crippen LogP contribution in [0, 0.1) is 0 Å². The number of hydrogen-bond acceptors (Lipinski definition) is 4. The zero-order valence-corrected chi connectivity index (χ0v) is 9.84. The smallest absolute Gasteiger partial charge is 0.276 e. The molecule has 0 aliphatic carbocycles. The summed E-state index contributed by atoms with van der Waals surface area (Å²) in [7, 11) is 0.